The van der Waals surface area contributed by atoms with Crippen molar-refractivity contribution < 1.29 is 4.79 Å². The Bertz CT molecular complexity index is 786. The molecule has 4 heteroatoms. The number of nitrogens with zero attached hydrogens (tertiary/aromatic N) is 1. The monoisotopic (exact) mass is 352 g/mol. The van der Waals surface area contributed by atoms with Crippen LogP contribution in [0.3, 0.4) is 0 Å². The highest BCUT2D eigenvalue weighted by molar-refractivity contribution is 9.10. The van der Waals surface area contributed by atoms with E-state index in [1.165, 1.54) is 0 Å². The van der Waals surface area contributed by atoms with Crippen molar-refractivity contribution in [1.82, 2.24) is 4.98 Å². The zero-order valence-corrected chi connectivity index (χ0v) is 13.2. The van der Waals surface area contributed by atoms with E-state index in [-0.39, 0.29) is 5.91 Å². The quantitative estimate of drug-likeness (QED) is 0.737. The maximum absolute atomic E-state index is 12.2. The number of hydrogen-bond donors (Lipinski definition) is 1. The van der Waals surface area contributed by atoms with Crippen molar-refractivity contribution in [2.75, 3.05) is 5.32 Å². The number of carbonyl (C=O) groups excluding carboxylic acids is 1. The fraction of sp³-hybridized carbons (Fsp3) is 0. The van der Waals surface area contributed by atoms with E-state index in [2.05, 4.69) is 26.2 Å². The zero-order chi connectivity index (χ0) is 15.4. The molecule has 22 heavy (non-hydrogen) atoms. The molecule has 0 fully saturated rings. The predicted octanol–water partition coefficient (Wildman–Crippen LogP) is 4.76. The van der Waals surface area contributed by atoms with Crippen molar-refractivity contribution >= 4 is 27.5 Å². The molecule has 2 aromatic carbocycles. The minimum atomic E-state index is -0.129. The minimum Gasteiger partial charge on any atom is -0.322 e. The molecule has 0 aliphatic rings. The van der Waals surface area contributed by atoms with Gasteiger partial charge in [0.1, 0.15) is 0 Å². The maximum atomic E-state index is 12.2. The van der Waals surface area contributed by atoms with Crippen molar-refractivity contribution in [2.24, 2.45) is 0 Å². The van der Waals surface area contributed by atoms with Crippen LogP contribution in [0.4, 0.5) is 5.69 Å². The lowest BCUT2D eigenvalue weighted by Crippen LogP contribution is -2.11. The lowest BCUT2D eigenvalue weighted by atomic mass is 10.1. The van der Waals surface area contributed by atoms with E-state index in [0.29, 0.717) is 5.56 Å². The Morgan fingerprint density at radius 2 is 1.77 bits per heavy atom. The van der Waals surface area contributed by atoms with E-state index in [0.717, 1.165) is 21.3 Å². The summed E-state index contributed by atoms with van der Waals surface area (Å²) in [6, 6.07) is 18.9. The average Bonchev–Trinajstić information content (AvgIpc) is 2.56. The number of nitrogens with one attached hydrogen (secondary N) is 1. The SMILES string of the molecule is O=C(Nc1cccc(Br)c1)c1ccc(-c2cccnc2)cc1. The van der Waals surface area contributed by atoms with E-state index in [1.807, 2.05) is 60.7 Å². The second-order valence-electron chi connectivity index (χ2n) is 4.78. The molecule has 0 saturated carbocycles. The molecular formula is C18H13BrN2O. The van der Waals surface area contributed by atoms with Crippen LogP contribution in [-0.4, -0.2) is 10.9 Å². The normalized spacial score (nSPS) is 10.2. The minimum absolute atomic E-state index is 0.129. The smallest absolute Gasteiger partial charge is 0.255 e. The molecule has 0 radical (unpaired) electrons. The van der Waals surface area contributed by atoms with Crippen molar-refractivity contribution in [3.05, 3.63) is 83.1 Å². The lowest BCUT2D eigenvalue weighted by Gasteiger charge is -2.07. The molecule has 108 valence electrons. The van der Waals surface area contributed by atoms with Crippen LogP contribution in [0.25, 0.3) is 11.1 Å². The maximum Gasteiger partial charge on any atom is 0.255 e. The second-order valence-corrected chi connectivity index (χ2v) is 5.70. The molecule has 3 aromatic rings. The summed E-state index contributed by atoms with van der Waals surface area (Å²) in [6.07, 6.45) is 3.54. The van der Waals surface area contributed by atoms with Gasteiger partial charge in [-0.2, -0.15) is 0 Å². The number of carbonyl (C=O) groups is 1. The van der Waals surface area contributed by atoms with Crippen molar-refractivity contribution in [3.63, 3.8) is 0 Å². The Morgan fingerprint density at radius 1 is 0.955 bits per heavy atom. The van der Waals surface area contributed by atoms with Crippen molar-refractivity contribution in [3.8, 4) is 11.1 Å². The fourth-order valence-corrected chi connectivity index (χ4v) is 2.52. The van der Waals surface area contributed by atoms with Gasteiger partial charge in [0.2, 0.25) is 0 Å². The van der Waals surface area contributed by atoms with Crippen LogP contribution in [0.1, 0.15) is 10.4 Å². The summed E-state index contributed by atoms with van der Waals surface area (Å²) in [6.45, 7) is 0. The van der Waals surface area contributed by atoms with Gasteiger partial charge in [-0.25, -0.2) is 0 Å². The predicted molar refractivity (Wildman–Crippen MR) is 91.8 cm³/mol. The van der Waals surface area contributed by atoms with Gasteiger partial charge in [-0.1, -0.05) is 40.2 Å². The van der Waals surface area contributed by atoms with Gasteiger partial charge >= 0.3 is 0 Å². The third-order valence-electron chi connectivity index (χ3n) is 3.22. The molecule has 0 bridgehead atoms. The standard InChI is InChI=1S/C18H13BrN2O/c19-16-4-1-5-17(11-16)21-18(22)14-8-6-13(7-9-14)15-3-2-10-20-12-15/h1-12H,(H,21,22). The van der Waals surface area contributed by atoms with Gasteiger partial charge in [0, 0.05) is 28.1 Å². The van der Waals surface area contributed by atoms with Gasteiger partial charge in [0.25, 0.3) is 5.91 Å². The summed E-state index contributed by atoms with van der Waals surface area (Å²) in [5, 5.41) is 2.88. The van der Waals surface area contributed by atoms with Crippen LogP contribution < -0.4 is 5.32 Å². The number of halogens is 1. The van der Waals surface area contributed by atoms with Gasteiger partial charge in [-0.15, -0.1) is 0 Å². The number of anilines is 1. The van der Waals surface area contributed by atoms with Crippen LogP contribution in [-0.2, 0) is 0 Å². The molecule has 0 spiro atoms. The van der Waals surface area contributed by atoms with Crippen LogP contribution >= 0.6 is 15.9 Å². The molecule has 3 nitrogen and oxygen atoms in total. The topological polar surface area (TPSA) is 42.0 Å². The van der Waals surface area contributed by atoms with E-state index >= 15 is 0 Å². The number of benzene rings is 2. The second kappa shape index (κ2) is 6.54. The highest BCUT2D eigenvalue weighted by atomic mass is 79.9. The van der Waals surface area contributed by atoms with E-state index in [4.69, 9.17) is 0 Å². The molecule has 0 atom stereocenters. The van der Waals surface area contributed by atoms with Crippen molar-refractivity contribution in [1.29, 1.82) is 0 Å². The van der Waals surface area contributed by atoms with Crippen LogP contribution in [0.15, 0.2) is 77.5 Å². The molecule has 3 rings (SSSR count). The molecule has 0 aliphatic heterocycles. The highest BCUT2D eigenvalue weighted by Crippen LogP contribution is 2.20. The summed E-state index contributed by atoms with van der Waals surface area (Å²) in [7, 11) is 0. The molecule has 1 N–H and O–H groups in total. The average molecular weight is 353 g/mol. The Labute approximate surface area is 137 Å². The number of hydrogen-bond acceptors (Lipinski definition) is 2. The third kappa shape index (κ3) is 3.40. The third-order valence-corrected chi connectivity index (χ3v) is 3.72. The largest absolute Gasteiger partial charge is 0.322 e. The molecular weight excluding hydrogens is 340 g/mol. The van der Waals surface area contributed by atoms with Gasteiger partial charge in [0.15, 0.2) is 0 Å². The van der Waals surface area contributed by atoms with E-state index < -0.39 is 0 Å². The van der Waals surface area contributed by atoms with Crippen molar-refractivity contribution in [2.45, 2.75) is 0 Å². The first-order chi connectivity index (χ1) is 10.7. The fourth-order valence-electron chi connectivity index (χ4n) is 2.12. The Balaban J connectivity index is 1.76. The lowest BCUT2D eigenvalue weighted by molar-refractivity contribution is 0.102. The molecule has 1 aromatic heterocycles. The van der Waals surface area contributed by atoms with Crippen LogP contribution in [0, 0.1) is 0 Å². The van der Waals surface area contributed by atoms with E-state index in [1.54, 1.807) is 12.4 Å². The van der Waals surface area contributed by atoms with Gasteiger partial charge in [0.05, 0.1) is 0 Å². The van der Waals surface area contributed by atoms with Gasteiger partial charge in [-0.3, -0.25) is 9.78 Å². The van der Waals surface area contributed by atoms with E-state index in [9.17, 15) is 4.79 Å². The molecule has 0 saturated heterocycles. The summed E-state index contributed by atoms with van der Waals surface area (Å²) in [5.41, 5.74) is 3.44. The first-order valence-corrected chi connectivity index (χ1v) is 7.59. The zero-order valence-electron chi connectivity index (χ0n) is 11.7. The summed E-state index contributed by atoms with van der Waals surface area (Å²) < 4.78 is 0.928. The summed E-state index contributed by atoms with van der Waals surface area (Å²) in [4.78, 5) is 16.3. The number of amides is 1. The Kier molecular flexibility index (Phi) is 4.30. The highest BCUT2D eigenvalue weighted by Gasteiger charge is 2.06. The number of aromatic nitrogens is 1. The van der Waals surface area contributed by atoms with Crippen LogP contribution in [0.5, 0.6) is 0 Å². The van der Waals surface area contributed by atoms with Gasteiger partial charge in [-0.05, 0) is 47.5 Å². The van der Waals surface area contributed by atoms with Crippen LogP contribution in [0.2, 0.25) is 0 Å². The number of rotatable bonds is 3. The number of pyridine rings is 1. The Morgan fingerprint density at radius 3 is 2.45 bits per heavy atom. The van der Waals surface area contributed by atoms with Gasteiger partial charge < -0.3 is 5.32 Å². The first-order valence-electron chi connectivity index (χ1n) is 6.80. The summed E-state index contributed by atoms with van der Waals surface area (Å²) >= 11 is 3.39. The molecule has 0 unspecified atom stereocenters. The Hall–Kier alpha value is -2.46. The first kappa shape index (κ1) is 14.5. The molecule has 0 aliphatic carbocycles. The molecule has 1 amide bonds. The molecule has 1 heterocycles. The summed E-state index contributed by atoms with van der Waals surface area (Å²) in [5.74, 6) is -0.129.